The van der Waals surface area contributed by atoms with Crippen LogP contribution in [0.15, 0.2) is 24.3 Å². The van der Waals surface area contributed by atoms with Gasteiger partial charge in [-0.3, -0.25) is 0 Å². The maximum atomic E-state index is 11.9. The molecule has 0 radical (unpaired) electrons. The summed E-state index contributed by atoms with van der Waals surface area (Å²) in [6, 6.07) is 8.19. The SMILES string of the molecule is Cc1ccccc1[C@H]1C[C@H]1NS(=O)(=O)CCOC(C)C. The van der Waals surface area contributed by atoms with E-state index in [-0.39, 0.29) is 24.5 Å². The van der Waals surface area contributed by atoms with E-state index in [1.165, 1.54) is 11.1 Å². The molecule has 1 aliphatic carbocycles. The Morgan fingerprint density at radius 1 is 1.35 bits per heavy atom. The number of hydrogen-bond donors (Lipinski definition) is 1. The molecule has 1 aromatic rings. The van der Waals surface area contributed by atoms with E-state index in [4.69, 9.17) is 4.74 Å². The summed E-state index contributed by atoms with van der Waals surface area (Å²) in [5.74, 6) is 0.347. The summed E-state index contributed by atoms with van der Waals surface area (Å²) in [4.78, 5) is 0. The average Bonchev–Trinajstić information content (AvgIpc) is 3.07. The van der Waals surface area contributed by atoms with Crippen LogP contribution < -0.4 is 4.72 Å². The van der Waals surface area contributed by atoms with E-state index >= 15 is 0 Å². The van der Waals surface area contributed by atoms with Crippen molar-refractivity contribution in [3.8, 4) is 0 Å². The molecule has 1 fully saturated rings. The van der Waals surface area contributed by atoms with Gasteiger partial charge in [0.2, 0.25) is 10.0 Å². The first-order valence-corrected chi connectivity index (χ1v) is 8.71. The van der Waals surface area contributed by atoms with Crippen LogP contribution in [-0.4, -0.2) is 32.9 Å². The fourth-order valence-electron chi connectivity index (χ4n) is 2.35. The number of ether oxygens (including phenoxy) is 1. The summed E-state index contributed by atoms with van der Waals surface area (Å²) in [5, 5.41) is 0. The van der Waals surface area contributed by atoms with Gasteiger partial charge in [0.15, 0.2) is 0 Å². The van der Waals surface area contributed by atoms with Gasteiger partial charge in [-0.2, -0.15) is 0 Å². The summed E-state index contributed by atoms with van der Waals surface area (Å²) in [7, 11) is -3.24. The molecule has 0 aliphatic heterocycles. The summed E-state index contributed by atoms with van der Waals surface area (Å²) in [6.07, 6.45) is 0.945. The fourth-order valence-corrected chi connectivity index (χ4v) is 3.51. The Bertz CT molecular complexity index is 554. The van der Waals surface area contributed by atoms with Gasteiger partial charge in [-0.15, -0.1) is 0 Å². The lowest BCUT2D eigenvalue weighted by Gasteiger charge is -2.10. The quantitative estimate of drug-likeness (QED) is 0.839. The first-order chi connectivity index (χ1) is 9.39. The monoisotopic (exact) mass is 297 g/mol. The van der Waals surface area contributed by atoms with Crippen LogP contribution >= 0.6 is 0 Å². The van der Waals surface area contributed by atoms with Gasteiger partial charge >= 0.3 is 0 Å². The molecule has 2 atom stereocenters. The molecular weight excluding hydrogens is 274 g/mol. The molecule has 112 valence electrons. The van der Waals surface area contributed by atoms with Crippen LogP contribution in [0.2, 0.25) is 0 Å². The summed E-state index contributed by atoms with van der Waals surface area (Å²) in [6.45, 7) is 6.11. The highest BCUT2D eigenvalue weighted by Gasteiger charge is 2.41. The van der Waals surface area contributed by atoms with E-state index in [0.29, 0.717) is 5.92 Å². The maximum Gasteiger partial charge on any atom is 0.214 e. The van der Waals surface area contributed by atoms with Gasteiger partial charge in [0.25, 0.3) is 0 Å². The predicted octanol–water partition coefficient (Wildman–Crippen LogP) is 2.20. The molecule has 1 N–H and O–H groups in total. The topological polar surface area (TPSA) is 55.4 Å². The van der Waals surface area contributed by atoms with Crippen LogP contribution in [0.3, 0.4) is 0 Å². The van der Waals surface area contributed by atoms with Crippen molar-refractivity contribution < 1.29 is 13.2 Å². The molecule has 0 bridgehead atoms. The Morgan fingerprint density at radius 3 is 2.70 bits per heavy atom. The molecule has 4 nitrogen and oxygen atoms in total. The van der Waals surface area contributed by atoms with Gasteiger partial charge in [0.1, 0.15) is 0 Å². The number of nitrogens with one attached hydrogen (secondary N) is 1. The normalized spacial score (nSPS) is 22.2. The van der Waals surface area contributed by atoms with E-state index in [2.05, 4.69) is 23.8 Å². The van der Waals surface area contributed by atoms with Gasteiger partial charge in [-0.05, 0) is 38.3 Å². The Balaban J connectivity index is 1.85. The molecule has 1 aliphatic rings. The van der Waals surface area contributed by atoms with Gasteiger partial charge in [-0.1, -0.05) is 24.3 Å². The fraction of sp³-hybridized carbons (Fsp3) is 0.600. The Labute approximate surface area is 121 Å². The van der Waals surface area contributed by atoms with E-state index in [1.807, 2.05) is 26.0 Å². The molecule has 2 rings (SSSR count). The lowest BCUT2D eigenvalue weighted by molar-refractivity contribution is 0.0911. The zero-order chi connectivity index (χ0) is 14.8. The minimum Gasteiger partial charge on any atom is -0.378 e. The smallest absolute Gasteiger partial charge is 0.214 e. The van der Waals surface area contributed by atoms with Crippen molar-refractivity contribution in [2.75, 3.05) is 12.4 Å². The van der Waals surface area contributed by atoms with Crippen molar-refractivity contribution in [1.29, 1.82) is 0 Å². The minimum absolute atomic E-state index is 0.0299. The largest absolute Gasteiger partial charge is 0.378 e. The van der Waals surface area contributed by atoms with Gasteiger partial charge in [0.05, 0.1) is 18.5 Å². The first kappa shape index (κ1) is 15.5. The highest BCUT2D eigenvalue weighted by atomic mass is 32.2. The van der Waals surface area contributed by atoms with Crippen molar-refractivity contribution in [1.82, 2.24) is 4.72 Å². The molecule has 20 heavy (non-hydrogen) atoms. The number of sulfonamides is 1. The molecular formula is C15H23NO3S. The van der Waals surface area contributed by atoms with Crippen LogP contribution in [-0.2, 0) is 14.8 Å². The zero-order valence-electron chi connectivity index (χ0n) is 12.3. The number of hydrogen-bond acceptors (Lipinski definition) is 3. The van der Waals surface area contributed by atoms with Crippen LogP contribution in [0.4, 0.5) is 0 Å². The Kier molecular flexibility index (Phi) is 4.83. The molecule has 1 aromatic carbocycles. The first-order valence-electron chi connectivity index (χ1n) is 7.06. The van der Waals surface area contributed by atoms with E-state index in [1.54, 1.807) is 0 Å². The summed E-state index contributed by atoms with van der Waals surface area (Å²) >= 11 is 0. The van der Waals surface area contributed by atoms with Crippen LogP contribution in [0, 0.1) is 6.92 Å². The van der Waals surface area contributed by atoms with Crippen molar-refractivity contribution >= 4 is 10.0 Å². The molecule has 0 heterocycles. The minimum atomic E-state index is -3.24. The highest BCUT2D eigenvalue weighted by molar-refractivity contribution is 7.89. The third kappa shape index (κ3) is 4.30. The summed E-state index contributed by atoms with van der Waals surface area (Å²) in [5.41, 5.74) is 2.47. The van der Waals surface area contributed by atoms with Crippen molar-refractivity contribution in [3.05, 3.63) is 35.4 Å². The maximum absolute atomic E-state index is 11.9. The number of rotatable bonds is 7. The second-order valence-corrected chi connectivity index (χ2v) is 7.53. The molecule has 0 aromatic heterocycles. The van der Waals surface area contributed by atoms with Crippen molar-refractivity contribution in [2.45, 2.75) is 45.3 Å². The third-order valence-electron chi connectivity index (χ3n) is 3.51. The van der Waals surface area contributed by atoms with Crippen LogP contribution in [0.5, 0.6) is 0 Å². The van der Waals surface area contributed by atoms with E-state index in [0.717, 1.165) is 6.42 Å². The second-order valence-electron chi connectivity index (χ2n) is 5.66. The van der Waals surface area contributed by atoms with Gasteiger partial charge < -0.3 is 4.74 Å². The van der Waals surface area contributed by atoms with Crippen LogP contribution in [0.1, 0.15) is 37.3 Å². The molecule has 1 saturated carbocycles. The second kappa shape index (κ2) is 6.24. The van der Waals surface area contributed by atoms with E-state index in [9.17, 15) is 8.42 Å². The Morgan fingerprint density at radius 2 is 2.05 bits per heavy atom. The Hall–Kier alpha value is -0.910. The van der Waals surface area contributed by atoms with Crippen molar-refractivity contribution in [3.63, 3.8) is 0 Å². The lowest BCUT2D eigenvalue weighted by Crippen LogP contribution is -2.31. The standard InChI is InChI=1S/C15H23NO3S/c1-11(2)19-8-9-20(17,18)16-15-10-14(15)13-7-5-4-6-12(13)3/h4-7,11,14-16H,8-10H2,1-3H3/t14-,15-/m1/s1. The third-order valence-corrected chi connectivity index (χ3v) is 4.88. The number of benzene rings is 1. The van der Waals surface area contributed by atoms with Crippen LogP contribution in [0.25, 0.3) is 0 Å². The molecule has 0 unspecified atom stereocenters. The molecule has 0 spiro atoms. The number of aryl methyl sites for hydroxylation is 1. The van der Waals surface area contributed by atoms with Crippen molar-refractivity contribution in [2.24, 2.45) is 0 Å². The van der Waals surface area contributed by atoms with Gasteiger partial charge in [0, 0.05) is 12.0 Å². The summed E-state index contributed by atoms with van der Waals surface area (Å²) < 4.78 is 31.9. The molecule has 5 heteroatoms. The van der Waals surface area contributed by atoms with E-state index < -0.39 is 10.0 Å². The predicted molar refractivity (Wildman–Crippen MR) is 80.3 cm³/mol. The molecule has 0 saturated heterocycles. The molecule has 0 amide bonds. The lowest BCUT2D eigenvalue weighted by atomic mass is 10.0. The highest BCUT2D eigenvalue weighted by Crippen LogP contribution is 2.42. The average molecular weight is 297 g/mol. The van der Waals surface area contributed by atoms with Gasteiger partial charge in [-0.25, -0.2) is 13.1 Å². The zero-order valence-corrected chi connectivity index (χ0v) is 13.1.